The number of carbonyl (C=O) groups is 1. The fourth-order valence-corrected chi connectivity index (χ4v) is 1.52. The summed E-state index contributed by atoms with van der Waals surface area (Å²) in [5.41, 5.74) is -0.504. The lowest BCUT2D eigenvalue weighted by Crippen LogP contribution is -2.44. The first-order valence-electron chi connectivity index (χ1n) is 5.96. The number of nitro groups is 1. The van der Waals surface area contributed by atoms with Gasteiger partial charge in [-0.25, -0.2) is 0 Å². The van der Waals surface area contributed by atoms with Crippen LogP contribution in [0.4, 0.5) is 5.69 Å². The molecule has 1 aromatic carbocycles. The zero-order valence-corrected chi connectivity index (χ0v) is 11.5. The summed E-state index contributed by atoms with van der Waals surface area (Å²) >= 11 is 0. The first kappa shape index (κ1) is 14.9. The molecule has 1 N–H and O–H groups in total. The first-order chi connectivity index (χ1) is 8.70. The molecule has 0 unspecified atom stereocenters. The van der Waals surface area contributed by atoms with Gasteiger partial charge in [-0.1, -0.05) is 6.92 Å². The molecule has 0 atom stereocenters. The standard InChI is InChI=1S/C13H18N2O4/c1-5-13(2,3)14(4)12(17)9-6-7-10(15(18)19)11(16)8-9/h6-8,16H,5H2,1-4H3. The molecule has 0 radical (unpaired) electrons. The maximum atomic E-state index is 12.2. The van der Waals surface area contributed by atoms with E-state index in [0.717, 1.165) is 18.6 Å². The molecule has 1 amide bonds. The Labute approximate surface area is 111 Å². The molecule has 1 rings (SSSR count). The number of rotatable bonds is 4. The van der Waals surface area contributed by atoms with Crippen molar-refractivity contribution in [2.24, 2.45) is 0 Å². The van der Waals surface area contributed by atoms with Crippen LogP contribution in [0.2, 0.25) is 0 Å². The van der Waals surface area contributed by atoms with Crippen LogP contribution in [0.15, 0.2) is 18.2 Å². The average molecular weight is 266 g/mol. The van der Waals surface area contributed by atoms with Crippen molar-refractivity contribution >= 4 is 11.6 Å². The van der Waals surface area contributed by atoms with Gasteiger partial charge in [0, 0.05) is 24.2 Å². The van der Waals surface area contributed by atoms with Crippen LogP contribution < -0.4 is 0 Å². The molecule has 104 valence electrons. The van der Waals surface area contributed by atoms with E-state index < -0.39 is 16.4 Å². The molecule has 1 aromatic rings. The van der Waals surface area contributed by atoms with Crippen LogP contribution in [0, 0.1) is 10.1 Å². The minimum absolute atomic E-state index is 0.229. The highest BCUT2D eigenvalue weighted by atomic mass is 16.6. The molecule has 19 heavy (non-hydrogen) atoms. The Kier molecular flexibility index (Phi) is 4.14. The van der Waals surface area contributed by atoms with Gasteiger partial charge < -0.3 is 10.0 Å². The smallest absolute Gasteiger partial charge is 0.310 e. The van der Waals surface area contributed by atoms with Gasteiger partial charge in [-0.15, -0.1) is 0 Å². The van der Waals surface area contributed by atoms with E-state index in [0.29, 0.717) is 0 Å². The van der Waals surface area contributed by atoms with Gasteiger partial charge in [0.2, 0.25) is 0 Å². The van der Waals surface area contributed by atoms with E-state index in [1.165, 1.54) is 6.07 Å². The van der Waals surface area contributed by atoms with Crippen molar-refractivity contribution in [1.29, 1.82) is 0 Å². The normalized spacial score (nSPS) is 11.2. The highest BCUT2D eigenvalue weighted by Gasteiger charge is 2.27. The molecule has 0 heterocycles. The number of hydrogen-bond donors (Lipinski definition) is 1. The maximum absolute atomic E-state index is 12.2. The van der Waals surface area contributed by atoms with Gasteiger partial charge in [-0.3, -0.25) is 14.9 Å². The molecule has 0 fully saturated rings. The summed E-state index contributed by atoms with van der Waals surface area (Å²) in [6.45, 7) is 5.82. The number of nitro benzene ring substituents is 1. The van der Waals surface area contributed by atoms with Crippen LogP contribution >= 0.6 is 0 Å². The van der Waals surface area contributed by atoms with Crippen molar-refractivity contribution in [3.63, 3.8) is 0 Å². The molecule has 0 bridgehead atoms. The summed E-state index contributed by atoms with van der Waals surface area (Å²) in [5.74, 6) is -0.782. The van der Waals surface area contributed by atoms with E-state index in [4.69, 9.17) is 0 Å². The largest absolute Gasteiger partial charge is 0.502 e. The monoisotopic (exact) mass is 266 g/mol. The Morgan fingerprint density at radius 3 is 2.47 bits per heavy atom. The number of phenolic OH excluding ortho intramolecular Hbond substituents is 1. The van der Waals surface area contributed by atoms with Gasteiger partial charge >= 0.3 is 5.69 Å². The molecule has 0 aliphatic heterocycles. The second kappa shape index (κ2) is 5.26. The SMILES string of the molecule is CCC(C)(C)N(C)C(=O)c1ccc([N+](=O)[O-])c(O)c1. The Morgan fingerprint density at radius 1 is 1.47 bits per heavy atom. The summed E-state index contributed by atoms with van der Waals surface area (Å²) in [4.78, 5) is 23.7. The number of benzene rings is 1. The number of hydrogen-bond acceptors (Lipinski definition) is 4. The zero-order chi connectivity index (χ0) is 14.8. The third kappa shape index (κ3) is 3.01. The molecule has 0 spiro atoms. The first-order valence-corrected chi connectivity index (χ1v) is 5.96. The highest BCUT2D eigenvalue weighted by Crippen LogP contribution is 2.28. The van der Waals surface area contributed by atoms with Gasteiger partial charge in [-0.2, -0.15) is 0 Å². The third-order valence-corrected chi connectivity index (χ3v) is 3.50. The van der Waals surface area contributed by atoms with Crippen molar-refractivity contribution in [2.45, 2.75) is 32.7 Å². The average Bonchev–Trinajstić information content (AvgIpc) is 2.36. The van der Waals surface area contributed by atoms with Crippen molar-refractivity contribution < 1.29 is 14.8 Å². The van der Waals surface area contributed by atoms with Crippen LogP contribution in [0.1, 0.15) is 37.6 Å². The molecule has 0 aromatic heterocycles. The van der Waals surface area contributed by atoms with Crippen LogP contribution in [-0.4, -0.2) is 33.4 Å². The maximum Gasteiger partial charge on any atom is 0.310 e. The van der Waals surface area contributed by atoms with E-state index in [9.17, 15) is 20.0 Å². The lowest BCUT2D eigenvalue weighted by atomic mass is 9.99. The van der Waals surface area contributed by atoms with E-state index in [1.807, 2.05) is 20.8 Å². The van der Waals surface area contributed by atoms with Gasteiger partial charge in [-0.05, 0) is 32.4 Å². The predicted molar refractivity (Wildman–Crippen MR) is 71.2 cm³/mol. The number of phenols is 1. The summed E-state index contributed by atoms with van der Waals surface area (Å²) < 4.78 is 0. The fraction of sp³-hybridized carbons (Fsp3) is 0.462. The van der Waals surface area contributed by atoms with E-state index >= 15 is 0 Å². The molecular formula is C13H18N2O4. The minimum atomic E-state index is -0.691. The molecule has 0 saturated carbocycles. The molecule has 0 saturated heterocycles. The van der Waals surface area contributed by atoms with Crippen LogP contribution in [0.25, 0.3) is 0 Å². The Morgan fingerprint density at radius 2 is 2.05 bits per heavy atom. The lowest BCUT2D eigenvalue weighted by molar-refractivity contribution is -0.385. The zero-order valence-electron chi connectivity index (χ0n) is 11.5. The predicted octanol–water partition coefficient (Wildman–Crippen LogP) is 2.56. The van der Waals surface area contributed by atoms with Crippen LogP contribution in [0.3, 0.4) is 0 Å². The summed E-state index contributed by atoms with van der Waals surface area (Å²) in [7, 11) is 1.67. The molecule has 0 aliphatic carbocycles. The van der Waals surface area contributed by atoms with E-state index in [-0.39, 0.29) is 17.0 Å². The highest BCUT2D eigenvalue weighted by molar-refractivity contribution is 5.95. The fourth-order valence-electron chi connectivity index (χ4n) is 1.52. The molecular weight excluding hydrogens is 248 g/mol. The summed E-state index contributed by atoms with van der Waals surface area (Å²) in [6.07, 6.45) is 0.772. The Bertz CT molecular complexity index is 511. The topological polar surface area (TPSA) is 83.7 Å². The van der Waals surface area contributed by atoms with Gasteiger partial charge in [0.05, 0.1) is 4.92 Å². The molecule has 6 nitrogen and oxygen atoms in total. The van der Waals surface area contributed by atoms with E-state index in [1.54, 1.807) is 11.9 Å². The van der Waals surface area contributed by atoms with Crippen molar-refractivity contribution in [3.05, 3.63) is 33.9 Å². The Balaban J connectivity index is 3.08. The number of amides is 1. The third-order valence-electron chi connectivity index (χ3n) is 3.50. The quantitative estimate of drug-likeness (QED) is 0.670. The second-order valence-electron chi connectivity index (χ2n) is 4.99. The number of aromatic hydroxyl groups is 1. The second-order valence-corrected chi connectivity index (χ2v) is 4.99. The van der Waals surface area contributed by atoms with Gasteiger partial charge in [0.15, 0.2) is 5.75 Å². The number of nitrogens with zero attached hydrogens (tertiary/aromatic N) is 2. The molecule has 0 aliphatic rings. The molecule has 6 heteroatoms. The summed E-state index contributed by atoms with van der Waals surface area (Å²) in [5, 5.41) is 20.1. The minimum Gasteiger partial charge on any atom is -0.502 e. The van der Waals surface area contributed by atoms with Gasteiger partial charge in [0.1, 0.15) is 0 Å². The van der Waals surface area contributed by atoms with Crippen molar-refractivity contribution in [3.8, 4) is 5.75 Å². The lowest BCUT2D eigenvalue weighted by Gasteiger charge is -2.34. The number of carbonyl (C=O) groups excluding carboxylic acids is 1. The van der Waals surface area contributed by atoms with E-state index in [2.05, 4.69) is 0 Å². The van der Waals surface area contributed by atoms with Crippen molar-refractivity contribution in [2.75, 3.05) is 7.05 Å². The summed E-state index contributed by atoms with van der Waals surface area (Å²) in [6, 6.07) is 3.61. The van der Waals surface area contributed by atoms with Crippen LogP contribution in [0.5, 0.6) is 5.75 Å². The Hall–Kier alpha value is -2.11. The van der Waals surface area contributed by atoms with Crippen LogP contribution in [-0.2, 0) is 0 Å². The van der Waals surface area contributed by atoms with Gasteiger partial charge in [0.25, 0.3) is 5.91 Å². The van der Waals surface area contributed by atoms with Crippen molar-refractivity contribution in [1.82, 2.24) is 4.90 Å².